The molecule has 0 spiro atoms. The number of benzene rings is 1. The maximum absolute atomic E-state index is 6.02. The van der Waals surface area contributed by atoms with Crippen LogP contribution in [0.4, 0.5) is 0 Å². The first-order chi connectivity index (χ1) is 9.65. The maximum Gasteiger partial charge on any atom is 0.130 e. The molecule has 0 unspecified atom stereocenters. The van der Waals surface area contributed by atoms with Gasteiger partial charge in [0.15, 0.2) is 0 Å². The zero-order valence-electron chi connectivity index (χ0n) is 12.0. The Morgan fingerprint density at radius 2 is 2.25 bits per heavy atom. The van der Waals surface area contributed by atoms with E-state index in [9.17, 15) is 0 Å². The lowest BCUT2D eigenvalue weighted by Crippen LogP contribution is -2.09. The molecule has 1 aliphatic rings. The van der Waals surface area contributed by atoms with Crippen molar-refractivity contribution in [2.24, 2.45) is 5.73 Å². The van der Waals surface area contributed by atoms with Crippen molar-refractivity contribution in [3.05, 3.63) is 47.5 Å². The second-order valence-electron chi connectivity index (χ2n) is 5.64. The highest BCUT2D eigenvalue weighted by molar-refractivity contribution is 5.38. The Labute approximate surface area is 119 Å². The SMILES string of the molecule is Cc1ccc(OCc2cncn2C2CC2)c([C@H](C)N)c1. The van der Waals surface area contributed by atoms with E-state index >= 15 is 0 Å². The molecule has 4 nitrogen and oxygen atoms in total. The fourth-order valence-electron chi connectivity index (χ4n) is 2.43. The molecule has 4 heteroatoms. The summed E-state index contributed by atoms with van der Waals surface area (Å²) in [5, 5.41) is 0. The van der Waals surface area contributed by atoms with Crippen LogP contribution in [0, 0.1) is 6.92 Å². The molecule has 1 aromatic heterocycles. The van der Waals surface area contributed by atoms with Gasteiger partial charge in [0.2, 0.25) is 0 Å². The van der Waals surface area contributed by atoms with E-state index < -0.39 is 0 Å². The van der Waals surface area contributed by atoms with Crippen molar-refractivity contribution in [2.75, 3.05) is 0 Å². The molecule has 1 heterocycles. The molecule has 1 atom stereocenters. The molecule has 0 radical (unpaired) electrons. The lowest BCUT2D eigenvalue weighted by atomic mass is 10.1. The molecule has 0 amide bonds. The summed E-state index contributed by atoms with van der Waals surface area (Å²) in [6.07, 6.45) is 6.29. The number of rotatable bonds is 5. The molecule has 1 aliphatic carbocycles. The second kappa shape index (κ2) is 5.29. The quantitative estimate of drug-likeness (QED) is 0.909. The summed E-state index contributed by atoms with van der Waals surface area (Å²) in [6.45, 7) is 4.59. The predicted octanol–water partition coefficient (Wildman–Crippen LogP) is 3.13. The first-order valence-electron chi connectivity index (χ1n) is 7.15. The molecule has 2 N–H and O–H groups in total. The van der Waals surface area contributed by atoms with Crippen molar-refractivity contribution in [1.82, 2.24) is 9.55 Å². The van der Waals surface area contributed by atoms with Crippen LogP contribution in [-0.4, -0.2) is 9.55 Å². The molecular formula is C16H21N3O. The zero-order valence-corrected chi connectivity index (χ0v) is 12.0. The number of nitrogens with zero attached hydrogens (tertiary/aromatic N) is 2. The Morgan fingerprint density at radius 1 is 1.45 bits per heavy atom. The van der Waals surface area contributed by atoms with Gasteiger partial charge < -0.3 is 15.0 Å². The van der Waals surface area contributed by atoms with E-state index in [-0.39, 0.29) is 6.04 Å². The van der Waals surface area contributed by atoms with Gasteiger partial charge in [-0.1, -0.05) is 17.7 Å². The van der Waals surface area contributed by atoms with Crippen molar-refractivity contribution in [3.63, 3.8) is 0 Å². The minimum Gasteiger partial charge on any atom is -0.487 e. The van der Waals surface area contributed by atoms with Crippen LogP contribution >= 0.6 is 0 Å². The van der Waals surface area contributed by atoms with Gasteiger partial charge in [0.05, 0.1) is 18.2 Å². The fourth-order valence-corrected chi connectivity index (χ4v) is 2.43. The molecule has 1 fully saturated rings. The third-order valence-electron chi connectivity index (χ3n) is 3.72. The molecule has 3 rings (SSSR count). The predicted molar refractivity (Wildman–Crippen MR) is 78.6 cm³/mol. The third kappa shape index (κ3) is 2.70. The van der Waals surface area contributed by atoms with Crippen LogP contribution in [0.1, 0.15) is 48.7 Å². The van der Waals surface area contributed by atoms with Gasteiger partial charge in [0.1, 0.15) is 12.4 Å². The monoisotopic (exact) mass is 271 g/mol. The van der Waals surface area contributed by atoms with E-state index in [0.717, 1.165) is 17.0 Å². The van der Waals surface area contributed by atoms with Crippen LogP contribution < -0.4 is 10.5 Å². The Hall–Kier alpha value is -1.81. The topological polar surface area (TPSA) is 53.1 Å². The summed E-state index contributed by atoms with van der Waals surface area (Å²) in [5.74, 6) is 0.870. The highest BCUT2D eigenvalue weighted by Gasteiger charge is 2.25. The van der Waals surface area contributed by atoms with Gasteiger partial charge in [-0.05, 0) is 32.8 Å². The van der Waals surface area contributed by atoms with Gasteiger partial charge in [-0.25, -0.2) is 4.98 Å². The molecule has 0 aliphatic heterocycles. The van der Waals surface area contributed by atoms with E-state index in [0.29, 0.717) is 12.6 Å². The van der Waals surface area contributed by atoms with Crippen LogP contribution in [0.5, 0.6) is 5.75 Å². The van der Waals surface area contributed by atoms with Crippen molar-refractivity contribution < 1.29 is 4.74 Å². The third-order valence-corrected chi connectivity index (χ3v) is 3.72. The maximum atomic E-state index is 6.02. The molecule has 2 aromatic rings. The van der Waals surface area contributed by atoms with E-state index in [1.807, 2.05) is 25.5 Å². The van der Waals surface area contributed by atoms with Crippen LogP contribution in [0.25, 0.3) is 0 Å². The highest BCUT2D eigenvalue weighted by Crippen LogP contribution is 2.36. The Morgan fingerprint density at radius 3 is 2.95 bits per heavy atom. The molecule has 20 heavy (non-hydrogen) atoms. The summed E-state index contributed by atoms with van der Waals surface area (Å²) in [5.41, 5.74) is 9.41. The van der Waals surface area contributed by atoms with Gasteiger partial charge in [-0.15, -0.1) is 0 Å². The normalized spacial score (nSPS) is 16.1. The molecular weight excluding hydrogens is 250 g/mol. The number of aryl methyl sites for hydroxylation is 1. The molecule has 106 valence electrons. The summed E-state index contributed by atoms with van der Waals surface area (Å²) < 4.78 is 8.20. The standard InChI is InChI=1S/C16H21N3O/c1-11-3-6-16(15(7-11)12(2)17)20-9-14-8-18-10-19(14)13-4-5-13/h3,6-8,10,12-13H,4-5,9,17H2,1-2H3/t12-/m0/s1. The first-order valence-corrected chi connectivity index (χ1v) is 7.15. The van der Waals surface area contributed by atoms with Crippen molar-refractivity contribution in [3.8, 4) is 5.75 Å². The van der Waals surface area contributed by atoms with Crippen molar-refractivity contribution in [1.29, 1.82) is 0 Å². The van der Waals surface area contributed by atoms with Crippen LogP contribution in [0.15, 0.2) is 30.7 Å². The second-order valence-corrected chi connectivity index (χ2v) is 5.64. The summed E-state index contributed by atoms with van der Waals surface area (Å²) in [6, 6.07) is 6.75. The Kier molecular flexibility index (Phi) is 3.49. The Balaban J connectivity index is 1.76. The average Bonchev–Trinajstić information content (AvgIpc) is 3.16. The van der Waals surface area contributed by atoms with Gasteiger partial charge in [0, 0.05) is 17.6 Å². The van der Waals surface area contributed by atoms with Crippen molar-refractivity contribution >= 4 is 0 Å². The van der Waals surface area contributed by atoms with Gasteiger partial charge in [-0.2, -0.15) is 0 Å². The van der Waals surface area contributed by atoms with Crippen LogP contribution in [-0.2, 0) is 6.61 Å². The lowest BCUT2D eigenvalue weighted by molar-refractivity contribution is 0.290. The zero-order chi connectivity index (χ0) is 14.1. The van der Waals surface area contributed by atoms with Gasteiger partial charge >= 0.3 is 0 Å². The number of nitrogens with two attached hydrogens (primary N) is 1. The smallest absolute Gasteiger partial charge is 0.130 e. The molecule has 0 bridgehead atoms. The van der Waals surface area contributed by atoms with Crippen LogP contribution in [0.2, 0.25) is 0 Å². The number of ether oxygens (including phenoxy) is 1. The van der Waals surface area contributed by atoms with Crippen LogP contribution in [0.3, 0.4) is 0 Å². The summed E-state index contributed by atoms with van der Waals surface area (Å²) >= 11 is 0. The van der Waals surface area contributed by atoms with Gasteiger partial charge in [-0.3, -0.25) is 0 Å². The molecule has 1 saturated carbocycles. The number of imidazole rings is 1. The van der Waals surface area contributed by atoms with Gasteiger partial charge in [0.25, 0.3) is 0 Å². The lowest BCUT2D eigenvalue weighted by Gasteiger charge is -2.15. The van der Waals surface area contributed by atoms with E-state index in [1.54, 1.807) is 0 Å². The van der Waals surface area contributed by atoms with E-state index in [4.69, 9.17) is 10.5 Å². The Bertz CT molecular complexity index is 600. The average molecular weight is 271 g/mol. The minimum absolute atomic E-state index is 0.0294. The number of hydrogen-bond donors (Lipinski definition) is 1. The highest BCUT2D eigenvalue weighted by atomic mass is 16.5. The minimum atomic E-state index is -0.0294. The largest absolute Gasteiger partial charge is 0.487 e. The summed E-state index contributed by atoms with van der Waals surface area (Å²) in [7, 11) is 0. The number of aromatic nitrogens is 2. The first kappa shape index (κ1) is 13.2. The molecule has 1 aromatic carbocycles. The summed E-state index contributed by atoms with van der Waals surface area (Å²) in [4.78, 5) is 4.23. The molecule has 0 saturated heterocycles. The van der Waals surface area contributed by atoms with Crippen molar-refractivity contribution in [2.45, 2.75) is 45.4 Å². The number of hydrogen-bond acceptors (Lipinski definition) is 3. The van der Waals surface area contributed by atoms with E-state index in [2.05, 4.69) is 28.6 Å². The fraction of sp³-hybridized carbons (Fsp3) is 0.438. The van der Waals surface area contributed by atoms with E-state index in [1.165, 1.54) is 18.4 Å².